The first kappa shape index (κ1) is 23.8. The molecule has 7 heteroatoms. The van der Waals surface area contributed by atoms with E-state index in [-0.39, 0.29) is 0 Å². The van der Waals surface area contributed by atoms with Crippen molar-refractivity contribution in [2.24, 2.45) is 0 Å². The summed E-state index contributed by atoms with van der Waals surface area (Å²) in [6, 6.07) is 16.8. The first-order chi connectivity index (χ1) is 16.3. The number of pyridine rings is 2. The predicted octanol–water partition coefficient (Wildman–Crippen LogP) is 5.97. The van der Waals surface area contributed by atoms with E-state index in [0.29, 0.717) is 4.90 Å². The molecule has 0 fully saturated rings. The van der Waals surface area contributed by atoms with Crippen LogP contribution in [0.15, 0.2) is 71.9 Å². The first-order valence-corrected chi connectivity index (χ1v) is 13.5. The Morgan fingerprint density at radius 2 is 1.71 bits per heavy atom. The third-order valence-corrected chi connectivity index (χ3v) is 6.91. The van der Waals surface area contributed by atoms with Crippen LogP contribution in [0.25, 0.3) is 33.8 Å². The van der Waals surface area contributed by atoms with Crippen molar-refractivity contribution in [1.29, 1.82) is 0 Å². The van der Waals surface area contributed by atoms with E-state index in [1.807, 2.05) is 41.9 Å². The lowest BCUT2D eigenvalue weighted by Gasteiger charge is -2.07. The summed E-state index contributed by atoms with van der Waals surface area (Å²) in [4.78, 5) is 9.54. The molecule has 0 aliphatic heterocycles. The second-order valence-corrected chi connectivity index (χ2v) is 10.6. The summed E-state index contributed by atoms with van der Waals surface area (Å²) in [5.41, 5.74) is 6.28. The lowest BCUT2D eigenvalue weighted by molar-refractivity contribution is 0.542. The van der Waals surface area contributed by atoms with E-state index >= 15 is 0 Å². The minimum atomic E-state index is -3.24. The number of hydrogen-bond acceptors (Lipinski definition) is 5. The quantitative estimate of drug-likeness (QED) is 0.279. The van der Waals surface area contributed by atoms with Crippen LogP contribution in [0.2, 0.25) is 0 Å². The molecule has 34 heavy (non-hydrogen) atoms. The number of rotatable bonds is 9. The molecule has 0 radical (unpaired) electrons. The smallest absolute Gasteiger partial charge is 0.175 e. The molecule has 0 atom stereocenters. The minimum Gasteiger partial charge on any atom is -0.271 e. The zero-order valence-corrected chi connectivity index (χ0v) is 20.7. The van der Waals surface area contributed by atoms with E-state index in [2.05, 4.69) is 18.1 Å². The molecule has 3 aromatic heterocycles. The van der Waals surface area contributed by atoms with E-state index < -0.39 is 9.84 Å². The monoisotopic (exact) mass is 474 g/mol. The highest BCUT2D eigenvalue weighted by molar-refractivity contribution is 7.90. The molecule has 0 aliphatic rings. The average Bonchev–Trinajstić information content (AvgIpc) is 3.26. The maximum absolute atomic E-state index is 11.8. The standard InChI is InChI=1S/C27H30N4O2S/c1-4-5-6-7-17-31-19-24(27(30-31)25-10-8-9-20(2)29-25)22-15-16-28-26(18-22)21-11-13-23(14-12-21)34(3,32)33/h8-16,18-19H,4-7,17H2,1-3H3. The fourth-order valence-electron chi connectivity index (χ4n) is 3.94. The lowest BCUT2D eigenvalue weighted by Crippen LogP contribution is -1.99. The average molecular weight is 475 g/mol. The van der Waals surface area contributed by atoms with Gasteiger partial charge in [0, 0.05) is 42.0 Å². The maximum Gasteiger partial charge on any atom is 0.175 e. The molecule has 1 aromatic carbocycles. The Morgan fingerprint density at radius 3 is 2.41 bits per heavy atom. The highest BCUT2D eigenvalue weighted by Crippen LogP contribution is 2.32. The molecule has 0 N–H and O–H groups in total. The van der Waals surface area contributed by atoms with Crippen LogP contribution in [0.4, 0.5) is 0 Å². The van der Waals surface area contributed by atoms with Crippen LogP contribution < -0.4 is 0 Å². The zero-order valence-electron chi connectivity index (χ0n) is 19.9. The number of aryl methyl sites for hydroxylation is 2. The van der Waals surface area contributed by atoms with Crippen molar-refractivity contribution in [1.82, 2.24) is 19.7 Å². The highest BCUT2D eigenvalue weighted by Gasteiger charge is 2.16. The van der Waals surface area contributed by atoms with Gasteiger partial charge in [-0.15, -0.1) is 0 Å². The third kappa shape index (κ3) is 5.59. The molecule has 0 saturated carbocycles. The molecule has 4 aromatic rings. The maximum atomic E-state index is 11.8. The van der Waals surface area contributed by atoms with E-state index in [0.717, 1.165) is 52.4 Å². The van der Waals surface area contributed by atoms with Gasteiger partial charge in [-0.25, -0.2) is 8.42 Å². The van der Waals surface area contributed by atoms with Crippen LogP contribution in [-0.4, -0.2) is 34.4 Å². The van der Waals surface area contributed by atoms with Crippen molar-refractivity contribution in [2.45, 2.75) is 51.0 Å². The molecular formula is C27H30N4O2S. The van der Waals surface area contributed by atoms with Gasteiger partial charge in [-0.3, -0.25) is 14.6 Å². The number of benzene rings is 1. The van der Waals surface area contributed by atoms with E-state index in [1.165, 1.54) is 25.5 Å². The van der Waals surface area contributed by atoms with Gasteiger partial charge in [0.2, 0.25) is 0 Å². The molecule has 4 rings (SSSR count). The fraction of sp³-hybridized carbons (Fsp3) is 0.296. The van der Waals surface area contributed by atoms with Crippen LogP contribution in [0.1, 0.15) is 38.3 Å². The summed E-state index contributed by atoms with van der Waals surface area (Å²) in [6.45, 7) is 5.06. The Kier molecular flexibility index (Phi) is 7.22. The summed E-state index contributed by atoms with van der Waals surface area (Å²) in [6.07, 6.45) is 9.79. The topological polar surface area (TPSA) is 77.7 Å². The lowest BCUT2D eigenvalue weighted by atomic mass is 10.0. The second kappa shape index (κ2) is 10.3. The molecule has 0 bridgehead atoms. The zero-order chi connectivity index (χ0) is 24.1. The van der Waals surface area contributed by atoms with E-state index in [4.69, 9.17) is 10.1 Å². The Morgan fingerprint density at radius 1 is 0.912 bits per heavy atom. The number of unbranched alkanes of at least 4 members (excludes halogenated alkanes) is 3. The van der Waals surface area contributed by atoms with Crippen LogP contribution in [0.3, 0.4) is 0 Å². The first-order valence-electron chi connectivity index (χ1n) is 11.6. The van der Waals surface area contributed by atoms with Gasteiger partial charge in [-0.2, -0.15) is 5.10 Å². The Labute approximate surface area is 201 Å². The van der Waals surface area contributed by atoms with Gasteiger partial charge < -0.3 is 0 Å². The molecule has 0 amide bonds. The van der Waals surface area contributed by atoms with Gasteiger partial charge in [0.15, 0.2) is 9.84 Å². The molecule has 176 valence electrons. The van der Waals surface area contributed by atoms with Gasteiger partial charge in [-0.1, -0.05) is 44.4 Å². The largest absolute Gasteiger partial charge is 0.271 e. The second-order valence-electron chi connectivity index (χ2n) is 8.61. The summed E-state index contributed by atoms with van der Waals surface area (Å²) >= 11 is 0. The Hall–Kier alpha value is -3.32. The van der Waals surface area contributed by atoms with Crippen molar-refractivity contribution in [3.8, 4) is 33.8 Å². The number of aromatic nitrogens is 4. The predicted molar refractivity (Wildman–Crippen MR) is 136 cm³/mol. The van der Waals surface area contributed by atoms with Crippen molar-refractivity contribution in [2.75, 3.05) is 6.26 Å². The number of sulfone groups is 1. The fourth-order valence-corrected chi connectivity index (χ4v) is 4.57. The van der Waals surface area contributed by atoms with Crippen molar-refractivity contribution >= 4 is 9.84 Å². The van der Waals surface area contributed by atoms with E-state index in [9.17, 15) is 8.42 Å². The highest BCUT2D eigenvalue weighted by atomic mass is 32.2. The van der Waals surface area contributed by atoms with Crippen LogP contribution in [-0.2, 0) is 16.4 Å². The van der Waals surface area contributed by atoms with Crippen molar-refractivity contribution in [3.63, 3.8) is 0 Å². The SMILES string of the molecule is CCCCCCn1cc(-c2ccnc(-c3ccc(S(C)(=O)=O)cc3)c2)c(-c2cccc(C)n2)n1. The summed E-state index contributed by atoms with van der Waals surface area (Å²) in [5, 5.41) is 4.90. The van der Waals surface area contributed by atoms with Gasteiger partial charge >= 0.3 is 0 Å². The number of hydrogen-bond donors (Lipinski definition) is 0. The minimum absolute atomic E-state index is 0.296. The Balaban J connectivity index is 1.72. The molecular weight excluding hydrogens is 444 g/mol. The van der Waals surface area contributed by atoms with Crippen molar-refractivity contribution in [3.05, 3.63) is 72.7 Å². The molecule has 0 aliphatic carbocycles. The summed E-state index contributed by atoms with van der Waals surface area (Å²) in [5.74, 6) is 0. The third-order valence-electron chi connectivity index (χ3n) is 5.78. The molecule has 3 heterocycles. The number of nitrogens with zero attached hydrogens (tertiary/aromatic N) is 4. The van der Waals surface area contributed by atoms with Crippen LogP contribution in [0, 0.1) is 6.92 Å². The summed E-state index contributed by atoms with van der Waals surface area (Å²) in [7, 11) is -3.24. The van der Waals surface area contributed by atoms with Crippen molar-refractivity contribution < 1.29 is 8.42 Å². The van der Waals surface area contributed by atoms with Gasteiger partial charge in [-0.05, 0) is 55.3 Å². The molecule has 0 spiro atoms. The molecule has 0 saturated heterocycles. The van der Waals surface area contributed by atoms with Crippen LogP contribution in [0.5, 0.6) is 0 Å². The molecule has 6 nitrogen and oxygen atoms in total. The van der Waals surface area contributed by atoms with Gasteiger partial charge in [0.1, 0.15) is 5.69 Å². The van der Waals surface area contributed by atoms with Gasteiger partial charge in [0.25, 0.3) is 0 Å². The summed E-state index contributed by atoms with van der Waals surface area (Å²) < 4.78 is 25.6. The Bertz CT molecular complexity index is 1380. The van der Waals surface area contributed by atoms with Gasteiger partial charge in [0.05, 0.1) is 16.3 Å². The molecule has 0 unspecified atom stereocenters. The van der Waals surface area contributed by atoms with E-state index in [1.54, 1.807) is 30.5 Å². The van der Waals surface area contributed by atoms with Crippen LogP contribution >= 0.6 is 0 Å². The normalized spacial score (nSPS) is 11.6.